The van der Waals surface area contributed by atoms with Crippen LogP contribution >= 0.6 is 23.2 Å². The molecular weight excluding hydrogens is 371 g/mol. The zero-order chi connectivity index (χ0) is 17.5. The predicted molar refractivity (Wildman–Crippen MR) is 95.4 cm³/mol. The minimum Gasteiger partial charge on any atom is -0.375 e. The molecule has 2 aliphatic rings. The van der Waals surface area contributed by atoms with E-state index in [1.807, 2.05) is 0 Å². The van der Waals surface area contributed by atoms with Crippen molar-refractivity contribution in [2.24, 2.45) is 11.8 Å². The lowest BCUT2D eigenvalue weighted by molar-refractivity contribution is -0.120. The molecule has 0 aromatic heterocycles. The SMILES string of the molecule is CS(=O)(=O)c1c(NCC(=O)NC2CC3CCC2C3)ccc(Cl)c1Cl. The Bertz CT molecular complexity index is 767. The molecule has 0 spiro atoms. The van der Waals surface area contributed by atoms with Gasteiger partial charge in [0.2, 0.25) is 5.91 Å². The Morgan fingerprint density at radius 1 is 1.25 bits per heavy atom. The van der Waals surface area contributed by atoms with Crippen molar-refractivity contribution >= 4 is 44.6 Å². The highest BCUT2D eigenvalue weighted by Gasteiger charge is 2.40. The van der Waals surface area contributed by atoms with Crippen LogP contribution in [0.3, 0.4) is 0 Å². The second-order valence-electron chi connectivity index (χ2n) is 6.71. The van der Waals surface area contributed by atoms with Crippen molar-refractivity contribution in [3.8, 4) is 0 Å². The zero-order valence-corrected chi connectivity index (χ0v) is 15.6. The van der Waals surface area contributed by atoms with Gasteiger partial charge < -0.3 is 10.6 Å². The van der Waals surface area contributed by atoms with Gasteiger partial charge in [-0.3, -0.25) is 4.79 Å². The number of anilines is 1. The zero-order valence-electron chi connectivity index (χ0n) is 13.3. The van der Waals surface area contributed by atoms with Crippen LogP contribution in [0.2, 0.25) is 10.0 Å². The maximum Gasteiger partial charge on any atom is 0.239 e. The van der Waals surface area contributed by atoms with Gasteiger partial charge in [-0.15, -0.1) is 0 Å². The Morgan fingerprint density at radius 2 is 2.00 bits per heavy atom. The van der Waals surface area contributed by atoms with Crippen LogP contribution in [0.4, 0.5) is 5.69 Å². The van der Waals surface area contributed by atoms with Crippen LogP contribution in [0, 0.1) is 11.8 Å². The van der Waals surface area contributed by atoms with Crippen molar-refractivity contribution in [2.45, 2.75) is 36.6 Å². The van der Waals surface area contributed by atoms with Gasteiger partial charge in [-0.25, -0.2) is 8.42 Å². The molecule has 1 amide bonds. The first-order valence-electron chi connectivity index (χ1n) is 7.97. The first-order chi connectivity index (χ1) is 11.3. The van der Waals surface area contributed by atoms with E-state index < -0.39 is 9.84 Å². The normalized spacial score (nSPS) is 25.7. The van der Waals surface area contributed by atoms with Gasteiger partial charge in [0.25, 0.3) is 0 Å². The fourth-order valence-electron chi connectivity index (χ4n) is 3.89. The fraction of sp³-hybridized carbons (Fsp3) is 0.562. The molecule has 24 heavy (non-hydrogen) atoms. The van der Waals surface area contributed by atoms with E-state index in [2.05, 4.69) is 10.6 Å². The maximum atomic E-state index is 12.2. The third-order valence-corrected chi connectivity index (χ3v) is 7.03. The Morgan fingerprint density at radius 3 is 2.58 bits per heavy atom. The number of sulfone groups is 1. The summed E-state index contributed by atoms with van der Waals surface area (Å²) in [6, 6.07) is 3.28. The van der Waals surface area contributed by atoms with Crippen molar-refractivity contribution in [1.82, 2.24) is 5.32 Å². The topological polar surface area (TPSA) is 75.3 Å². The van der Waals surface area contributed by atoms with Crippen LogP contribution in [-0.4, -0.2) is 33.2 Å². The Balaban J connectivity index is 1.66. The highest BCUT2D eigenvalue weighted by atomic mass is 35.5. The molecule has 2 N–H and O–H groups in total. The fourth-order valence-corrected chi connectivity index (χ4v) is 5.66. The van der Waals surface area contributed by atoms with E-state index in [-0.39, 0.29) is 39.1 Å². The van der Waals surface area contributed by atoms with Gasteiger partial charge in [-0.05, 0) is 43.2 Å². The van der Waals surface area contributed by atoms with Crippen LogP contribution in [0.1, 0.15) is 25.7 Å². The Kier molecular flexibility index (Phi) is 5.00. The maximum absolute atomic E-state index is 12.2. The average Bonchev–Trinajstić information content (AvgIpc) is 3.09. The van der Waals surface area contributed by atoms with Crippen molar-refractivity contribution in [3.05, 3.63) is 22.2 Å². The van der Waals surface area contributed by atoms with Crippen LogP contribution in [0.15, 0.2) is 17.0 Å². The van der Waals surface area contributed by atoms with E-state index in [9.17, 15) is 13.2 Å². The van der Waals surface area contributed by atoms with Crippen molar-refractivity contribution in [3.63, 3.8) is 0 Å². The number of nitrogens with one attached hydrogen (secondary N) is 2. The number of hydrogen-bond donors (Lipinski definition) is 2. The smallest absolute Gasteiger partial charge is 0.239 e. The number of amides is 1. The van der Waals surface area contributed by atoms with Crippen LogP contribution in [0.5, 0.6) is 0 Å². The van der Waals surface area contributed by atoms with Gasteiger partial charge in [-0.1, -0.05) is 29.6 Å². The van der Waals surface area contributed by atoms with Gasteiger partial charge in [-0.2, -0.15) is 0 Å². The lowest BCUT2D eigenvalue weighted by Crippen LogP contribution is -2.41. The van der Waals surface area contributed by atoms with Crippen molar-refractivity contribution in [1.29, 1.82) is 0 Å². The minimum absolute atomic E-state index is 0.00559. The molecule has 132 valence electrons. The number of benzene rings is 1. The molecule has 3 unspecified atom stereocenters. The van der Waals surface area contributed by atoms with E-state index in [1.165, 1.54) is 31.4 Å². The highest BCUT2D eigenvalue weighted by molar-refractivity contribution is 7.91. The summed E-state index contributed by atoms with van der Waals surface area (Å²) in [5.41, 5.74) is 0.287. The van der Waals surface area contributed by atoms with Gasteiger partial charge in [0.05, 0.1) is 22.3 Å². The van der Waals surface area contributed by atoms with Gasteiger partial charge in [0.15, 0.2) is 9.84 Å². The van der Waals surface area contributed by atoms with Crippen molar-refractivity contribution in [2.75, 3.05) is 18.1 Å². The average molecular weight is 391 g/mol. The quantitative estimate of drug-likeness (QED) is 0.809. The number of rotatable bonds is 5. The third-order valence-electron chi connectivity index (χ3n) is 4.94. The predicted octanol–water partition coefficient (Wildman–Crippen LogP) is 3.11. The van der Waals surface area contributed by atoms with Crippen LogP contribution in [0.25, 0.3) is 0 Å². The van der Waals surface area contributed by atoms with E-state index in [0.717, 1.165) is 18.6 Å². The van der Waals surface area contributed by atoms with E-state index in [0.29, 0.717) is 5.92 Å². The highest BCUT2D eigenvalue weighted by Crippen LogP contribution is 2.44. The van der Waals surface area contributed by atoms with E-state index in [1.54, 1.807) is 0 Å². The molecule has 0 radical (unpaired) electrons. The number of carbonyl (C=O) groups excluding carboxylic acids is 1. The molecule has 3 rings (SSSR count). The molecule has 0 heterocycles. The second kappa shape index (κ2) is 6.73. The molecule has 5 nitrogen and oxygen atoms in total. The first-order valence-corrected chi connectivity index (χ1v) is 10.6. The summed E-state index contributed by atoms with van der Waals surface area (Å²) in [6.45, 7) is -0.00559. The number of carbonyl (C=O) groups is 1. The summed E-state index contributed by atoms with van der Waals surface area (Å²) in [6.07, 6.45) is 5.79. The first kappa shape index (κ1) is 17.8. The van der Waals surface area contributed by atoms with E-state index in [4.69, 9.17) is 23.2 Å². The second-order valence-corrected chi connectivity index (χ2v) is 9.45. The lowest BCUT2D eigenvalue weighted by atomic mass is 9.95. The molecule has 1 aromatic carbocycles. The number of fused-ring (bicyclic) bond motifs is 2. The monoisotopic (exact) mass is 390 g/mol. The molecule has 1 aromatic rings. The molecular formula is C16H20Cl2N2O3S. The number of hydrogen-bond acceptors (Lipinski definition) is 4. The summed E-state index contributed by atoms with van der Waals surface area (Å²) < 4.78 is 23.9. The Labute approximate surface area is 152 Å². The molecule has 0 aliphatic heterocycles. The van der Waals surface area contributed by atoms with Gasteiger partial charge in [0.1, 0.15) is 4.90 Å². The largest absolute Gasteiger partial charge is 0.375 e. The molecule has 8 heteroatoms. The number of halogens is 2. The summed E-state index contributed by atoms with van der Waals surface area (Å²) in [4.78, 5) is 12.1. The Hall–Kier alpha value is -0.980. The van der Waals surface area contributed by atoms with Crippen molar-refractivity contribution < 1.29 is 13.2 Å². The molecule has 2 saturated carbocycles. The molecule has 0 saturated heterocycles. The van der Waals surface area contributed by atoms with Gasteiger partial charge >= 0.3 is 0 Å². The summed E-state index contributed by atoms with van der Waals surface area (Å²) in [7, 11) is -3.57. The van der Waals surface area contributed by atoms with E-state index >= 15 is 0 Å². The molecule has 2 bridgehead atoms. The van der Waals surface area contributed by atoms with Crippen LogP contribution < -0.4 is 10.6 Å². The van der Waals surface area contributed by atoms with Crippen LogP contribution in [-0.2, 0) is 14.6 Å². The summed E-state index contributed by atoms with van der Waals surface area (Å²) >= 11 is 11.9. The van der Waals surface area contributed by atoms with Gasteiger partial charge in [0, 0.05) is 12.3 Å². The molecule has 2 fully saturated rings. The summed E-state index contributed by atoms with van der Waals surface area (Å²) in [5.74, 6) is 1.20. The third kappa shape index (κ3) is 3.65. The molecule has 3 atom stereocenters. The standard InChI is InChI=1S/C16H20Cl2N2O3S/c1-24(22,23)16-12(5-4-11(17)15(16)18)19-8-14(21)20-13-7-9-2-3-10(13)6-9/h4-5,9-10,13,19H,2-3,6-8H2,1H3,(H,20,21). The lowest BCUT2D eigenvalue weighted by Gasteiger charge is -2.23. The molecule has 2 aliphatic carbocycles. The summed E-state index contributed by atoms with van der Waals surface area (Å²) in [5, 5.41) is 6.06. The minimum atomic E-state index is -3.57.